The fourth-order valence-corrected chi connectivity index (χ4v) is 1.55. The first-order chi connectivity index (χ1) is 10.7. The van der Waals surface area contributed by atoms with Crippen LogP contribution in [0.4, 0.5) is 27.6 Å². The molecule has 0 aliphatic carbocycles. The first kappa shape index (κ1) is 18.8. The van der Waals surface area contributed by atoms with Crippen molar-refractivity contribution in [2.45, 2.75) is 13.3 Å². The van der Waals surface area contributed by atoms with Gasteiger partial charge in [-0.05, 0) is 12.3 Å². The summed E-state index contributed by atoms with van der Waals surface area (Å²) in [5.74, 6) is -14.5. The van der Waals surface area contributed by atoms with Crippen LogP contribution in [0.25, 0.3) is 0 Å². The third kappa shape index (κ3) is 4.38. The molecule has 2 amide bonds. The Kier molecular flexibility index (Phi) is 6.43. The molecule has 1 aromatic carbocycles. The van der Waals surface area contributed by atoms with Gasteiger partial charge < -0.3 is 15.7 Å². The van der Waals surface area contributed by atoms with Crippen molar-refractivity contribution in [2.24, 2.45) is 5.92 Å². The molecule has 0 saturated heterocycles. The van der Waals surface area contributed by atoms with Gasteiger partial charge in [0.05, 0.1) is 0 Å². The maximum Gasteiger partial charge on any atom is 0.313 e. The lowest BCUT2D eigenvalue weighted by Gasteiger charge is -2.12. The Balaban J connectivity index is 2.84. The topological polar surface area (TPSA) is 78.4 Å². The fourth-order valence-electron chi connectivity index (χ4n) is 1.55. The molecule has 0 radical (unpaired) electrons. The normalized spacial score (nSPS) is 12.0. The second-order valence-electron chi connectivity index (χ2n) is 4.73. The largest absolute Gasteiger partial charge is 0.396 e. The van der Waals surface area contributed by atoms with Gasteiger partial charge in [-0.3, -0.25) is 9.59 Å². The van der Waals surface area contributed by atoms with Crippen LogP contribution in [0, 0.1) is 35.0 Å². The first-order valence-electron chi connectivity index (χ1n) is 6.42. The van der Waals surface area contributed by atoms with Gasteiger partial charge in [-0.1, -0.05) is 6.92 Å². The average Bonchev–Trinajstić information content (AvgIpc) is 2.52. The number of aliphatic hydroxyl groups is 1. The van der Waals surface area contributed by atoms with E-state index in [1.165, 1.54) is 5.32 Å². The molecular weight excluding hydrogens is 327 g/mol. The van der Waals surface area contributed by atoms with Crippen molar-refractivity contribution >= 4 is 17.5 Å². The maximum atomic E-state index is 13.3. The number of hydrogen-bond donors (Lipinski definition) is 3. The molecule has 0 heterocycles. The minimum atomic E-state index is -2.37. The summed E-state index contributed by atoms with van der Waals surface area (Å²) in [6.45, 7) is 1.48. The molecule has 23 heavy (non-hydrogen) atoms. The Bertz CT molecular complexity index is 595. The average molecular weight is 340 g/mol. The standard InChI is InChI=1S/C13H13F5N2O3/c1-5(2-3-21)4-19-12(22)13(23)20-11-9(17)7(15)6(14)8(16)10(11)18/h5,21H,2-4H2,1H3,(H,19,22)(H,20,23). The number of amides is 2. The Morgan fingerprint density at radius 1 is 0.957 bits per heavy atom. The molecule has 1 aromatic rings. The van der Waals surface area contributed by atoms with Crippen LogP contribution in [0.1, 0.15) is 13.3 Å². The SMILES string of the molecule is CC(CCO)CNC(=O)C(=O)Nc1c(F)c(F)c(F)c(F)c1F. The summed E-state index contributed by atoms with van der Waals surface area (Å²) in [6.07, 6.45) is 0.333. The molecule has 0 aromatic heterocycles. The number of aliphatic hydroxyl groups excluding tert-OH is 1. The van der Waals surface area contributed by atoms with E-state index in [0.29, 0.717) is 6.42 Å². The van der Waals surface area contributed by atoms with E-state index in [2.05, 4.69) is 5.32 Å². The predicted molar refractivity (Wildman–Crippen MR) is 68.7 cm³/mol. The molecule has 5 nitrogen and oxygen atoms in total. The van der Waals surface area contributed by atoms with E-state index in [9.17, 15) is 31.5 Å². The number of halogens is 5. The van der Waals surface area contributed by atoms with Crippen LogP contribution < -0.4 is 10.6 Å². The number of benzene rings is 1. The molecular formula is C13H13F5N2O3. The zero-order chi connectivity index (χ0) is 17.7. The Hall–Kier alpha value is -2.23. The highest BCUT2D eigenvalue weighted by Crippen LogP contribution is 2.26. The van der Waals surface area contributed by atoms with Gasteiger partial charge in [0.25, 0.3) is 0 Å². The monoisotopic (exact) mass is 340 g/mol. The van der Waals surface area contributed by atoms with Gasteiger partial charge in [0, 0.05) is 13.2 Å². The second kappa shape index (κ2) is 7.86. The highest BCUT2D eigenvalue weighted by Gasteiger charge is 2.28. The number of anilines is 1. The molecule has 1 atom stereocenters. The molecule has 0 aliphatic heterocycles. The zero-order valence-corrected chi connectivity index (χ0v) is 11.9. The summed E-state index contributed by atoms with van der Waals surface area (Å²) in [5, 5.41) is 12.1. The van der Waals surface area contributed by atoms with Crippen molar-refractivity contribution in [2.75, 3.05) is 18.5 Å². The number of carbonyl (C=O) groups excluding carboxylic acids is 2. The molecule has 3 N–H and O–H groups in total. The Labute approximate surface area is 127 Å². The number of hydrogen-bond acceptors (Lipinski definition) is 3. The van der Waals surface area contributed by atoms with Gasteiger partial charge in [-0.2, -0.15) is 0 Å². The van der Waals surface area contributed by atoms with Crippen molar-refractivity contribution in [1.82, 2.24) is 5.32 Å². The predicted octanol–water partition coefficient (Wildman–Crippen LogP) is 1.46. The van der Waals surface area contributed by atoms with E-state index in [4.69, 9.17) is 5.11 Å². The second-order valence-corrected chi connectivity index (χ2v) is 4.73. The number of carbonyl (C=O) groups is 2. The fraction of sp³-hybridized carbons (Fsp3) is 0.385. The molecule has 0 saturated carbocycles. The minimum absolute atomic E-state index is 0.0239. The molecule has 1 unspecified atom stereocenters. The molecule has 128 valence electrons. The van der Waals surface area contributed by atoms with Gasteiger partial charge in [0.1, 0.15) is 5.69 Å². The molecule has 0 fully saturated rings. The summed E-state index contributed by atoms with van der Waals surface area (Å²) < 4.78 is 65.4. The van der Waals surface area contributed by atoms with Crippen molar-refractivity contribution < 1.29 is 36.6 Å². The van der Waals surface area contributed by atoms with E-state index in [0.717, 1.165) is 0 Å². The molecule has 10 heteroatoms. The van der Waals surface area contributed by atoms with Crippen molar-refractivity contribution in [3.63, 3.8) is 0 Å². The van der Waals surface area contributed by atoms with Gasteiger partial charge >= 0.3 is 11.8 Å². The van der Waals surface area contributed by atoms with E-state index >= 15 is 0 Å². The van der Waals surface area contributed by atoms with Crippen LogP contribution in [0.2, 0.25) is 0 Å². The minimum Gasteiger partial charge on any atom is -0.396 e. The van der Waals surface area contributed by atoms with E-state index in [-0.39, 0.29) is 19.1 Å². The zero-order valence-electron chi connectivity index (χ0n) is 11.9. The van der Waals surface area contributed by atoms with Crippen molar-refractivity contribution in [1.29, 1.82) is 0 Å². The van der Waals surface area contributed by atoms with Gasteiger partial charge in [-0.15, -0.1) is 0 Å². The molecule has 0 bridgehead atoms. The highest BCUT2D eigenvalue weighted by molar-refractivity contribution is 6.39. The summed E-state index contributed by atoms with van der Waals surface area (Å²) in [7, 11) is 0. The first-order valence-corrected chi connectivity index (χ1v) is 6.42. The van der Waals surface area contributed by atoms with Gasteiger partial charge in [0.2, 0.25) is 5.82 Å². The van der Waals surface area contributed by atoms with Gasteiger partial charge in [-0.25, -0.2) is 22.0 Å². The van der Waals surface area contributed by atoms with E-state index < -0.39 is 46.6 Å². The maximum absolute atomic E-state index is 13.3. The molecule has 0 aliphatic rings. The lowest BCUT2D eigenvalue weighted by Crippen LogP contribution is -2.38. The van der Waals surface area contributed by atoms with Crippen molar-refractivity contribution in [3.05, 3.63) is 29.1 Å². The summed E-state index contributed by atoms with van der Waals surface area (Å²) in [6, 6.07) is 0. The Morgan fingerprint density at radius 3 is 1.91 bits per heavy atom. The third-order valence-corrected chi connectivity index (χ3v) is 2.89. The summed E-state index contributed by atoms with van der Waals surface area (Å²) >= 11 is 0. The molecule has 1 rings (SSSR count). The molecule has 0 spiro atoms. The lowest BCUT2D eigenvalue weighted by atomic mass is 10.1. The van der Waals surface area contributed by atoms with Crippen LogP contribution in [-0.2, 0) is 9.59 Å². The smallest absolute Gasteiger partial charge is 0.313 e. The lowest BCUT2D eigenvalue weighted by molar-refractivity contribution is -0.136. The van der Waals surface area contributed by atoms with Crippen molar-refractivity contribution in [3.8, 4) is 0 Å². The van der Waals surface area contributed by atoms with Crippen LogP contribution in [-0.4, -0.2) is 30.1 Å². The van der Waals surface area contributed by atoms with E-state index in [1.807, 2.05) is 0 Å². The highest BCUT2D eigenvalue weighted by atomic mass is 19.2. The number of rotatable bonds is 5. The number of nitrogens with one attached hydrogen (secondary N) is 2. The van der Waals surface area contributed by atoms with Crippen LogP contribution in [0.3, 0.4) is 0 Å². The van der Waals surface area contributed by atoms with Gasteiger partial charge in [0.15, 0.2) is 23.3 Å². The summed E-state index contributed by atoms with van der Waals surface area (Å²) in [4.78, 5) is 22.9. The third-order valence-electron chi connectivity index (χ3n) is 2.89. The van der Waals surface area contributed by atoms with Crippen LogP contribution in [0.15, 0.2) is 0 Å². The van der Waals surface area contributed by atoms with E-state index in [1.54, 1.807) is 6.92 Å². The van der Waals surface area contributed by atoms with Crippen LogP contribution >= 0.6 is 0 Å². The quantitative estimate of drug-likeness (QED) is 0.329. The Morgan fingerprint density at radius 2 is 1.43 bits per heavy atom. The van der Waals surface area contributed by atoms with Crippen LogP contribution in [0.5, 0.6) is 0 Å². The summed E-state index contributed by atoms with van der Waals surface area (Å²) in [5.41, 5.74) is -1.61.